The number of amides is 1. The van der Waals surface area contributed by atoms with Gasteiger partial charge < -0.3 is 9.64 Å². The first-order valence-electron chi connectivity index (χ1n) is 6.34. The molecule has 100 valence electrons. The Hall–Kier alpha value is -1.01. The number of carbonyl (C=O) groups is 1. The summed E-state index contributed by atoms with van der Waals surface area (Å²) in [5.41, 5.74) is 0.447. The Morgan fingerprint density at radius 3 is 3.17 bits per heavy atom. The van der Waals surface area contributed by atoms with Gasteiger partial charge in [0.25, 0.3) is 5.91 Å². The van der Waals surface area contributed by atoms with Crippen LogP contribution >= 0.6 is 11.5 Å². The van der Waals surface area contributed by atoms with Gasteiger partial charge in [-0.3, -0.25) is 4.79 Å². The Labute approximate surface area is 111 Å². The van der Waals surface area contributed by atoms with Crippen LogP contribution in [0.2, 0.25) is 0 Å². The second kappa shape index (κ2) is 6.24. The normalized spacial score (nSPS) is 19.7. The summed E-state index contributed by atoms with van der Waals surface area (Å²) in [4.78, 5) is 13.8. The molecule has 1 aliphatic heterocycles. The van der Waals surface area contributed by atoms with Gasteiger partial charge >= 0.3 is 0 Å². The van der Waals surface area contributed by atoms with E-state index in [4.69, 9.17) is 4.74 Å². The zero-order chi connectivity index (χ0) is 13.0. The van der Waals surface area contributed by atoms with Crippen LogP contribution in [-0.4, -0.2) is 46.2 Å². The van der Waals surface area contributed by atoms with E-state index in [9.17, 15) is 4.79 Å². The average Bonchev–Trinajstić information content (AvgIpc) is 2.99. The van der Waals surface area contributed by atoms with E-state index in [1.54, 1.807) is 10.3 Å². The molecule has 0 radical (unpaired) electrons. The van der Waals surface area contributed by atoms with Crippen molar-refractivity contribution in [1.82, 2.24) is 14.5 Å². The quantitative estimate of drug-likeness (QED) is 0.818. The van der Waals surface area contributed by atoms with Gasteiger partial charge in [-0.15, -0.1) is 5.10 Å². The van der Waals surface area contributed by atoms with E-state index in [1.165, 1.54) is 11.5 Å². The van der Waals surface area contributed by atoms with Gasteiger partial charge in [0.1, 0.15) is 0 Å². The lowest BCUT2D eigenvalue weighted by atomic mass is 10.1. The van der Waals surface area contributed by atoms with Gasteiger partial charge in [0.05, 0.1) is 6.10 Å². The first-order chi connectivity index (χ1) is 8.66. The van der Waals surface area contributed by atoms with Crippen LogP contribution in [0.4, 0.5) is 0 Å². The molecule has 18 heavy (non-hydrogen) atoms. The molecule has 1 aromatic heterocycles. The minimum absolute atomic E-state index is 0.0290. The van der Waals surface area contributed by atoms with Gasteiger partial charge in [0.15, 0.2) is 5.69 Å². The smallest absolute Gasteiger partial charge is 0.275 e. The summed E-state index contributed by atoms with van der Waals surface area (Å²) in [6.07, 6.45) is 2.17. The van der Waals surface area contributed by atoms with Crippen molar-refractivity contribution < 1.29 is 9.53 Å². The summed E-state index contributed by atoms with van der Waals surface area (Å²) in [5, 5.41) is 5.50. The minimum atomic E-state index is -0.0290. The molecular formula is C12H19N3O2S. The highest BCUT2D eigenvalue weighted by atomic mass is 32.1. The van der Waals surface area contributed by atoms with Crippen molar-refractivity contribution in [3.8, 4) is 0 Å². The third-order valence-electron chi connectivity index (χ3n) is 3.06. The molecule has 1 aliphatic rings. The maximum absolute atomic E-state index is 12.0. The lowest BCUT2D eigenvalue weighted by Gasteiger charge is -2.15. The average molecular weight is 269 g/mol. The lowest BCUT2D eigenvalue weighted by molar-refractivity contribution is 0.0482. The van der Waals surface area contributed by atoms with E-state index in [1.807, 2.05) is 0 Å². The molecule has 6 heteroatoms. The fourth-order valence-corrected chi connectivity index (χ4v) is 2.37. The standard InChI is InChI=1S/C12H19N3O2S/c1-9(2)4-6-17-10-3-5-15(7-10)12(16)11-8-18-14-13-11/h8-10H,3-7H2,1-2H3/t10-/m0/s1. The molecule has 2 rings (SSSR count). The van der Waals surface area contributed by atoms with Crippen LogP contribution in [0.5, 0.6) is 0 Å². The summed E-state index contributed by atoms with van der Waals surface area (Å²) in [6.45, 7) is 6.58. The summed E-state index contributed by atoms with van der Waals surface area (Å²) < 4.78 is 9.50. The van der Waals surface area contributed by atoms with Crippen molar-refractivity contribution in [2.24, 2.45) is 5.92 Å². The van der Waals surface area contributed by atoms with E-state index in [2.05, 4.69) is 23.4 Å². The van der Waals surface area contributed by atoms with Crippen molar-refractivity contribution >= 4 is 17.4 Å². The van der Waals surface area contributed by atoms with E-state index in [-0.39, 0.29) is 12.0 Å². The number of aromatic nitrogens is 2. The highest BCUT2D eigenvalue weighted by molar-refractivity contribution is 7.03. The highest BCUT2D eigenvalue weighted by Gasteiger charge is 2.28. The molecule has 1 amide bonds. The van der Waals surface area contributed by atoms with Crippen LogP contribution in [0.25, 0.3) is 0 Å². The molecule has 1 fully saturated rings. The molecule has 2 heterocycles. The third kappa shape index (κ3) is 3.49. The number of rotatable bonds is 5. The molecule has 1 aromatic rings. The number of nitrogens with zero attached hydrogens (tertiary/aromatic N) is 3. The van der Waals surface area contributed by atoms with Crippen LogP contribution in [-0.2, 0) is 4.74 Å². The fourth-order valence-electron chi connectivity index (χ4n) is 1.94. The summed E-state index contributed by atoms with van der Waals surface area (Å²) in [6, 6.07) is 0. The van der Waals surface area contributed by atoms with Crippen LogP contribution < -0.4 is 0 Å². The monoisotopic (exact) mass is 269 g/mol. The van der Waals surface area contributed by atoms with Gasteiger partial charge in [-0.25, -0.2) is 0 Å². The zero-order valence-corrected chi connectivity index (χ0v) is 11.7. The second-order valence-electron chi connectivity index (χ2n) is 5.01. The minimum Gasteiger partial charge on any atom is -0.376 e. The summed E-state index contributed by atoms with van der Waals surface area (Å²) >= 11 is 1.20. The van der Waals surface area contributed by atoms with Crippen LogP contribution in [0.15, 0.2) is 5.38 Å². The Morgan fingerprint density at radius 2 is 2.50 bits per heavy atom. The summed E-state index contributed by atoms with van der Waals surface area (Å²) in [7, 11) is 0. The fraction of sp³-hybridized carbons (Fsp3) is 0.750. The third-order valence-corrected chi connectivity index (χ3v) is 3.56. The molecule has 5 nitrogen and oxygen atoms in total. The van der Waals surface area contributed by atoms with E-state index in [0.29, 0.717) is 18.2 Å². The predicted octanol–water partition coefficient (Wildman–Crippen LogP) is 1.82. The molecule has 0 aromatic carbocycles. The van der Waals surface area contributed by atoms with E-state index < -0.39 is 0 Å². The largest absolute Gasteiger partial charge is 0.376 e. The molecule has 0 bridgehead atoms. The zero-order valence-electron chi connectivity index (χ0n) is 10.8. The molecule has 0 unspecified atom stereocenters. The Kier molecular flexibility index (Phi) is 4.66. The van der Waals surface area contributed by atoms with Crippen molar-refractivity contribution in [3.05, 3.63) is 11.1 Å². The van der Waals surface area contributed by atoms with Crippen molar-refractivity contribution in [3.63, 3.8) is 0 Å². The van der Waals surface area contributed by atoms with Crippen molar-refractivity contribution in [2.45, 2.75) is 32.8 Å². The molecule has 0 saturated carbocycles. The Bertz CT molecular complexity index is 381. The number of likely N-dealkylation sites (tertiary alicyclic amines) is 1. The van der Waals surface area contributed by atoms with Gasteiger partial charge in [-0.05, 0) is 30.3 Å². The molecule has 1 saturated heterocycles. The number of hydrogen-bond donors (Lipinski definition) is 0. The summed E-state index contributed by atoms with van der Waals surface area (Å²) in [5.74, 6) is 0.629. The lowest BCUT2D eigenvalue weighted by Crippen LogP contribution is -2.30. The molecule has 0 N–H and O–H groups in total. The van der Waals surface area contributed by atoms with Crippen molar-refractivity contribution in [2.75, 3.05) is 19.7 Å². The molecular weight excluding hydrogens is 250 g/mol. The highest BCUT2D eigenvalue weighted by Crippen LogP contribution is 2.16. The van der Waals surface area contributed by atoms with Gasteiger partial charge in [-0.1, -0.05) is 18.3 Å². The Morgan fingerprint density at radius 1 is 1.67 bits per heavy atom. The number of hydrogen-bond acceptors (Lipinski definition) is 5. The first-order valence-corrected chi connectivity index (χ1v) is 7.18. The maximum Gasteiger partial charge on any atom is 0.275 e. The van der Waals surface area contributed by atoms with E-state index >= 15 is 0 Å². The van der Waals surface area contributed by atoms with Gasteiger partial charge in [0.2, 0.25) is 0 Å². The van der Waals surface area contributed by atoms with Gasteiger partial charge in [-0.2, -0.15) is 0 Å². The molecule has 0 aliphatic carbocycles. The van der Waals surface area contributed by atoms with Gasteiger partial charge in [0, 0.05) is 25.1 Å². The number of carbonyl (C=O) groups excluding carboxylic acids is 1. The second-order valence-corrected chi connectivity index (χ2v) is 5.62. The van der Waals surface area contributed by atoms with Crippen LogP contribution in [0, 0.1) is 5.92 Å². The van der Waals surface area contributed by atoms with E-state index in [0.717, 1.165) is 26.0 Å². The molecule has 1 atom stereocenters. The Balaban J connectivity index is 1.76. The number of ether oxygens (including phenoxy) is 1. The predicted molar refractivity (Wildman–Crippen MR) is 69.6 cm³/mol. The van der Waals surface area contributed by atoms with Crippen LogP contribution in [0.3, 0.4) is 0 Å². The first kappa shape index (κ1) is 13.4. The van der Waals surface area contributed by atoms with Crippen molar-refractivity contribution in [1.29, 1.82) is 0 Å². The van der Waals surface area contributed by atoms with Crippen LogP contribution in [0.1, 0.15) is 37.2 Å². The SMILES string of the molecule is CC(C)CCO[C@H]1CCN(C(=O)c2csnn2)C1. The maximum atomic E-state index is 12.0. The molecule has 0 spiro atoms. The topological polar surface area (TPSA) is 55.3 Å².